The fourth-order valence-electron chi connectivity index (χ4n) is 1.01. The third kappa shape index (κ3) is 4.22. The molecule has 0 radical (unpaired) electrons. The minimum absolute atomic E-state index is 0.384. The molecule has 0 spiro atoms. The molecule has 0 amide bonds. The Kier molecular flexibility index (Phi) is 4.94. The number of aliphatic hydroxyl groups excluding tert-OH is 1. The van der Waals surface area contributed by atoms with Crippen LogP contribution < -0.4 is 0 Å². The van der Waals surface area contributed by atoms with Crippen LogP contribution in [-0.4, -0.2) is 24.4 Å². The Labute approximate surface area is 90.7 Å². The van der Waals surface area contributed by atoms with E-state index in [-0.39, 0.29) is 6.10 Å². The van der Waals surface area contributed by atoms with Crippen LogP contribution in [-0.2, 0) is 11.2 Å². The van der Waals surface area contributed by atoms with Gasteiger partial charge in [-0.2, -0.15) is 0 Å². The molecule has 1 aromatic rings. The number of halogens is 1. The van der Waals surface area contributed by atoms with Crippen LogP contribution in [0.1, 0.15) is 11.8 Å². The van der Waals surface area contributed by atoms with Crippen molar-refractivity contribution in [2.75, 3.05) is 13.2 Å². The molecule has 0 saturated heterocycles. The van der Waals surface area contributed by atoms with Gasteiger partial charge >= 0.3 is 0 Å². The maximum absolute atomic E-state index is 9.51. The SMILES string of the molecule is CCOCC(O)Cc1cc(Br)cs1. The first-order valence-electron chi connectivity index (χ1n) is 4.21. The van der Waals surface area contributed by atoms with Gasteiger partial charge in [-0.3, -0.25) is 0 Å². The van der Waals surface area contributed by atoms with Crippen molar-refractivity contribution in [1.82, 2.24) is 0 Å². The van der Waals surface area contributed by atoms with Gasteiger partial charge in [-0.1, -0.05) is 0 Å². The van der Waals surface area contributed by atoms with Crippen LogP contribution in [0.25, 0.3) is 0 Å². The van der Waals surface area contributed by atoms with E-state index in [9.17, 15) is 5.11 Å². The van der Waals surface area contributed by atoms with Gasteiger partial charge in [0, 0.05) is 27.8 Å². The highest BCUT2D eigenvalue weighted by Gasteiger charge is 2.06. The van der Waals surface area contributed by atoms with Gasteiger partial charge in [-0.15, -0.1) is 11.3 Å². The van der Waals surface area contributed by atoms with Crippen molar-refractivity contribution in [2.45, 2.75) is 19.4 Å². The van der Waals surface area contributed by atoms with E-state index in [0.29, 0.717) is 19.6 Å². The van der Waals surface area contributed by atoms with Gasteiger partial charge in [-0.05, 0) is 28.9 Å². The van der Waals surface area contributed by atoms with Crippen molar-refractivity contribution in [3.63, 3.8) is 0 Å². The van der Waals surface area contributed by atoms with Crippen LogP contribution >= 0.6 is 27.3 Å². The van der Waals surface area contributed by atoms with Gasteiger partial charge in [0.1, 0.15) is 0 Å². The predicted octanol–water partition coefficient (Wildman–Crippen LogP) is 2.45. The molecule has 0 fully saturated rings. The molecule has 1 rings (SSSR count). The molecule has 0 aromatic carbocycles. The van der Waals surface area contributed by atoms with Gasteiger partial charge in [0.15, 0.2) is 0 Å². The van der Waals surface area contributed by atoms with E-state index in [0.717, 1.165) is 4.47 Å². The highest BCUT2D eigenvalue weighted by molar-refractivity contribution is 9.10. The Morgan fingerprint density at radius 1 is 1.69 bits per heavy atom. The predicted molar refractivity (Wildman–Crippen MR) is 58.2 cm³/mol. The molecule has 0 saturated carbocycles. The Balaban J connectivity index is 2.31. The monoisotopic (exact) mass is 264 g/mol. The zero-order valence-electron chi connectivity index (χ0n) is 7.50. The normalized spacial score (nSPS) is 13.2. The standard InChI is InChI=1S/C9H13BrO2S/c1-2-12-5-8(11)4-9-3-7(10)6-13-9/h3,6,8,11H,2,4-5H2,1H3. The average molecular weight is 265 g/mol. The third-order valence-electron chi connectivity index (χ3n) is 1.57. The minimum atomic E-state index is -0.384. The van der Waals surface area contributed by atoms with Crippen LogP contribution in [0.2, 0.25) is 0 Å². The third-order valence-corrected chi connectivity index (χ3v) is 3.29. The molecule has 1 heterocycles. The first kappa shape index (κ1) is 11.2. The second-order valence-corrected chi connectivity index (χ2v) is 4.66. The van der Waals surface area contributed by atoms with E-state index in [1.165, 1.54) is 4.88 Å². The summed E-state index contributed by atoms with van der Waals surface area (Å²) in [7, 11) is 0. The summed E-state index contributed by atoms with van der Waals surface area (Å²) in [4.78, 5) is 1.18. The molecule has 0 aliphatic heterocycles. The van der Waals surface area contributed by atoms with Crippen LogP contribution in [0.3, 0.4) is 0 Å². The fraction of sp³-hybridized carbons (Fsp3) is 0.556. The molecule has 1 atom stereocenters. The molecule has 13 heavy (non-hydrogen) atoms. The highest BCUT2D eigenvalue weighted by atomic mass is 79.9. The summed E-state index contributed by atoms with van der Waals surface area (Å²) in [6, 6.07) is 2.03. The summed E-state index contributed by atoms with van der Waals surface area (Å²) in [6.45, 7) is 3.01. The Hall–Kier alpha value is 0.1000. The molecule has 0 aliphatic rings. The quantitative estimate of drug-likeness (QED) is 0.886. The van der Waals surface area contributed by atoms with E-state index in [1.807, 2.05) is 18.4 Å². The largest absolute Gasteiger partial charge is 0.390 e. The summed E-state index contributed by atoms with van der Waals surface area (Å²) < 4.78 is 6.20. The summed E-state index contributed by atoms with van der Waals surface area (Å²) in [5, 5.41) is 11.5. The van der Waals surface area contributed by atoms with Crippen LogP contribution in [0, 0.1) is 0 Å². The van der Waals surface area contributed by atoms with Crippen molar-refractivity contribution in [3.8, 4) is 0 Å². The zero-order chi connectivity index (χ0) is 9.68. The van der Waals surface area contributed by atoms with Gasteiger partial charge in [0.25, 0.3) is 0 Å². The Morgan fingerprint density at radius 2 is 2.46 bits per heavy atom. The molecule has 4 heteroatoms. The van der Waals surface area contributed by atoms with Gasteiger partial charge in [0.05, 0.1) is 12.7 Å². The Morgan fingerprint density at radius 3 is 3.00 bits per heavy atom. The summed E-state index contributed by atoms with van der Waals surface area (Å²) in [6.07, 6.45) is 0.293. The van der Waals surface area contributed by atoms with E-state index < -0.39 is 0 Å². The average Bonchev–Trinajstić information content (AvgIpc) is 2.48. The first-order chi connectivity index (χ1) is 6.22. The van der Waals surface area contributed by atoms with Gasteiger partial charge < -0.3 is 9.84 Å². The van der Waals surface area contributed by atoms with Crippen molar-refractivity contribution >= 4 is 27.3 Å². The van der Waals surface area contributed by atoms with Crippen LogP contribution in [0.15, 0.2) is 15.9 Å². The highest BCUT2D eigenvalue weighted by Crippen LogP contribution is 2.20. The number of hydrogen-bond donors (Lipinski definition) is 1. The molecular formula is C9H13BrO2S. The van der Waals surface area contributed by atoms with E-state index >= 15 is 0 Å². The molecule has 2 nitrogen and oxygen atoms in total. The maximum Gasteiger partial charge on any atom is 0.0821 e. The number of hydrogen-bond acceptors (Lipinski definition) is 3. The maximum atomic E-state index is 9.51. The zero-order valence-corrected chi connectivity index (χ0v) is 9.90. The van der Waals surface area contributed by atoms with E-state index in [4.69, 9.17) is 4.74 Å². The van der Waals surface area contributed by atoms with E-state index in [2.05, 4.69) is 15.9 Å². The molecule has 74 valence electrons. The second kappa shape index (κ2) is 5.75. The van der Waals surface area contributed by atoms with Gasteiger partial charge in [0.2, 0.25) is 0 Å². The second-order valence-electron chi connectivity index (χ2n) is 2.75. The number of rotatable bonds is 5. The van der Waals surface area contributed by atoms with Crippen molar-refractivity contribution in [1.29, 1.82) is 0 Å². The van der Waals surface area contributed by atoms with Crippen molar-refractivity contribution in [2.24, 2.45) is 0 Å². The Bertz CT molecular complexity index is 250. The molecular weight excluding hydrogens is 252 g/mol. The van der Waals surface area contributed by atoms with Gasteiger partial charge in [-0.25, -0.2) is 0 Å². The van der Waals surface area contributed by atoms with Crippen LogP contribution in [0.4, 0.5) is 0 Å². The molecule has 1 unspecified atom stereocenters. The lowest BCUT2D eigenvalue weighted by molar-refractivity contribution is 0.0434. The molecule has 0 aliphatic carbocycles. The van der Waals surface area contributed by atoms with E-state index in [1.54, 1.807) is 11.3 Å². The fourth-order valence-corrected chi connectivity index (χ4v) is 2.53. The lowest BCUT2D eigenvalue weighted by Gasteiger charge is -2.08. The summed E-state index contributed by atoms with van der Waals surface area (Å²) in [5.41, 5.74) is 0. The smallest absolute Gasteiger partial charge is 0.0821 e. The lowest BCUT2D eigenvalue weighted by atomic mass is 10.2. The first-order valence-corrected chi connectivity index (χ1v) is 5.88. The summed E-state index contributed by atoms with van der Waals surface area (Å²) >= 11 is 5.02. The molecule has 1 aromatic heterocycles. The van der Waals surface area contributed by atoms with Crippen molar-refractivity contribution < 1.29 is 9.84 Å². The van der Waals surface area contributed by atoms with Crippen molar-refractivity contribution in [3.05, 3.63) is 20.8 Å². The number of ether oxygens (including phenoxy) is 1. The summed E-state index contributed by atoms with van der Waals surface area (Å²) in [5.74, 6) is 0. The minimum Gasteiger partial charge on any atom is -0.390 e. The molecule has 1 N–H and O–H groups in total. The molecule has 0 bridgehead atoms. The number of thiophene rings is 1. The number of aliphatic hydroxyl groups is 1. The lowest BCUT2D eigenvalue weighted by Crippen LogP contribution is -2.17. The van der Waals surface area contributed by atoms with Crippen LogP contribution in [0.5, 0.6) is 0 Å². The topological polar surface area (TPSA) is 29.5 Å².